The molecule has 0 atom stereocenters. The van der Waals surface area contributed by atoms with E-state index in [9.17, 15) is 13.5 Å². The van der Waals surface area contributed by atoms with Crippen molar-refractivity contribution in [2.45, 2.75) is 31.8 Å². The van der Waals surface area contributed by atoms with Gasteiger partial charge in [-0.25, -0.2) is 8.42 Å². The van der Waals surface area contributed by atoms with E-state index in [2.05, 4.69) is 18.2 Å². The van der Waals surface area contributed by atoms with Crippen molar-refractivity contribution in [3.63, 3.8) is 0 Å². The summed E-state index contributed by atoms with van der Waals surface area (Å²) in [6, 6.07) is 14.1. The van der Waals surface area contributed by atoms with Crippen LogP contribution in [0.15, 0.2) is 42.5 Å². The number of nitrogens with zero attached hydrogens (tertiary/aromatic N) is 1. The van der Waals surface area contributed by atoms with Crippen LogP contribution in [0.5, 0.6) is 5.75 Å². The molecule has 0 unspecified atom stereocenters. The van der Waals surface area contributed by atoms with Crippen molar-refractivity contribution in [2.24, 2.45) is 0 Å². The van der Waals surface area contributed by atoms with E-state index in [-0.39, 0.29) is 12.4 Å². The Morgan fingerprint density at radius 2 is 2.00 bits per heavy atom. The number of hydrogen-bond acceptors (Lipinski definition) is 4. The van der Waals surface area contributed by atoms with Gasteiger partial charge in [0.15, 0.2) is 0 Å². The molecule has 5 nitrogen and oxygen atoms in total. The number of benzene rings is 2. The van der Waals surface area contributed by atoms with Gasteiger partial charge in [0, 0.05) is 13.1 Å². The molecule has 6 heteroatoms. The second-order valence-electron chi connectivity index (χ2n) is 7.30. The quantitative estimate of drug-likeness (QED) is 0.793. The van der Waals surface area contributed by atoms with E-state index in [1.54, 1.807) is 0 Å². The molecule has 27 heavy (non-hydrogen) atoms. The van der Waals surface area contributed by atoms with Gasteiger partial charge in [-0.05, 0) is 65.6 Å². The minimum absolute atomic E-state index is 0.0349. The zero-order valence-electron chi connectivity index (χ0n) is 15.3. The minimum atomic E-state index is -3.07. The summed E-state index contributed by atoms with van der Waals surface area (Å²) < 4.78 is 31.1. The Balaban J connectivity index is 1.49. The molecule has 0 aromatic heterocycles. The van der Waals surface area contributed by atoms with Gasteiger partial charge in [-0.15, -0.1) is 0 Å². The van der Waals surface area contributed by atoms with E-state index in [1.165, 1.54) is 28.3 Å². The average molecular weight is 388 g/mol. The summed E-state index contributed by atoms with van der Waals surface area (Å²) in [7, 11) is -3.07. The summed E-state index contributed by atoms with van der Waals surface area (Å²) in [5, 5.41) is 9.40. The smallest absolute Gasteiger partial charge is 0.214 e. The Morgan fingerprint density at radius 1 is 1.15 bits per heavy atom. The standard InChI is InChI=1S/C21H25NO4S/c23-15-16-3-1-4-18(13-16)20-8-7-19(14-21(20)17-5-6-17)26-11-10-22-9-2-12-27(22,24)25/h1,3-4,7-8,13-14,17,23H,2,5-6,9-12,15H2. The van der Waals surface area contributed by atoms with E-state index in [4.69, 9.17) is 4.74 Å². The maximum atomic E-state index is 11.9. The predicted molar refractivity (Wildman–Crippen MR) is 105 cm³/mol. The third-order valence-corrected chi connectivity index (χ3v) is 7.23. The van der Waals surface area contributed by atoms with Crippen molar-refractivity contribution in [3.05, 3.63) is 53.6 Å². The lowest BCUT2D eigenvalue weighted by atomic mass is 9.95. The number of aliphatic hydroxyl groups excluding tert-OH is 1. The van der Waals surface area contributed by atoms with Crippen LogP contribution in [0.25, 0.3) is 11.1 Å². The van der Waals surface area contributed by atoms with E-state index < -0.39 is 10.0 Å². The molecule has 1 aliphatic carbocycles. The summed E-state index contributed by atoms with van der Waals surface area (Å²) in [6.45, 7) is 1.40. The lowest BCUT2D eigenvalue weighted by Crippen LogP contribution is -2.30. The Bertz CT molecular complexity index is 922. The van der Waals surface area contributed by atoms with Gasteiger partial charge in [0.25, 0.3) is 0 Å². The van der Waals surface area contributed by atoms with E-state index in [0.29, 0.717) is 32.0 Å². The fourth-order valence-corrected chi connectivity index (χ4v) is 5.18. The molecule has 2 fully saturated rings. The Morgan fingerprint density at radius 3 is 2.70 bits per heavy atom. The van der Waals surface area contributed by atoms with Crippen LogP contribution in [0, 0.1) is 0 Å². The third kappa shape index (κ3) is 4.18. The third-order valence-electron chi connectivity index (χ3n) is 5.27. The number of ether oxygens (including phenoxy) is 1. The van der Waals surface area contributed by atoms with Crippen LogP contribution in [-0.4, -0.2) is 43.3 Å². The van der Waals surface area contributed by atoms with Crippen molar-refractivity contribution >= 4 is 10.0 Å². The Kier molecular flexibility index (Phi) is 5.21. The molecule has 0 spiro atoms. The number of hydrogen-bond donors (Lipinski definition) is 1. The molecular formula is C21H25NO4S. The number of sulfonamides is 1. The van der Waals surface area contributed by atoms with Gasteiger partial charge in [0.1, 0.15) is 12.4 Å². The van der Waals surface area contributed by atoms with Gasteiger partial charge in [-0.3, -0.25) is 0 Å². The van der Waals surface area contributed by atoms with Crippen molar-refractivity contribution in [3.8, 4) is 16.9 Å². The summed E-state index contributed by atoms with van der Waals surface area (Å²) in [4.78, 5) is 0. The fraction of sp³-hybridized carbons (Fsp3) is 0.429. The average Bonchev–Trinajstić information content (AvgIpc) is 3.46. The molecule has 0 amide bonds. The Labute approximate surface area is 160 Å². The van der Waals surface area contributed by atoms with E-state index in [0.717, 1.165) is 16.9 Å². The second-order valence-corrected chi connectivity index (χ2v) is 9.39. The summed E-state index contributed by atoms with van der Waals surface area (Å²) in [6.07, 6.45) is 3.07. The topological polar surface area (TPSA) is 66.8 Å². The molecule has 4 rings (SSSR count). The molecule has 1 N–H and O–H groups in total. The molecule has 2 aliphatic rings. The summed E-state index contributed by atoms with van der Waals surface area (Å²) in [5.41, 5.74) is 4.47. The Hall–Kier alpha value is -1.89. The fourth-order valence-electron chi connectivity index (χ4n) is 3.67. The van der Waals surface area contributed by atoms with Gasteiger partial charge in [0.2, 0.25) is 10.0 Å². The highest BCUT2D eigenvalue weighted by Crippen LogP contribution is 2.45. The minimum Gasteiger partial charge on any atom is -0.492 e. The van der Waals surface area contributed by atoms with Gasteiger partial charge >= 0.3 is 0 Å². The van der Waals surface area contributed by atoms with Crippen molar-refractivity contribution < 1.29 is 18.3 Å². The molecule has 1 aliphatic heterocycles. The zero-order valence-corrected chi connectivity index (χ0v) is 16.1. The molecule has 1 saturated heterocycles. The lowest BCUT2D eigenvalue weighted by Gasteiger charge is -2.16. The normalized spacial score (nSPS) is 19.3. The zero-order chi connectivity index (χ0) is 18.9. The van der Waals surface area contributed by atoms with Crippen LogP contribution in [0.3, 0.4) is 0 Å². The summed E-state index contributed by atoms with van der Waals surface area (Å²) in [5.74, 6) is 1.59. The van der Waals surface area contributed by atoms with Gasteiger partial charge in [-0.2, -0.15) is 4.31 Å². The first-order valence-electron chi connectivity index (χ1n) is 9.51. The molecule has 2 aromatic carbocycles. The molecule has 1 heterocycles. The van der Waals surface area contributed by atoms with Gasteiger partial charge in [0.05, 0.1) is 12.4 Å². The van der Waals surface area contributed by atoms with Crippen LogP contribution in [-0.2, 0) is 16.6 Å². The van der Waals surface area contributed by atoms with E-state index >= 15 is 0 Å². The van der Waals surface area contributed by atoms with Gasteiger partial charge < -0.3 is 9.84 Å². The second kappa shape index (κ2) is 7.62. The first-order valence-corrected chi connectivity index (χ1v) is 11.1. The van der Waals surface area contributed by atoms with Crippen LogP contribution in [0.2, 0.25) is 0 Å². The molecule has 2 aromatic rings. The predicted octanol–water partition coefficient (Wildman–Crippen LogP) is 3.14. The first-order chi connectivity index (χ1) is 13.1. The highest BCUT2D eigenvalue weighted by molar-refractivity contribution is 7.89. The summed E-state index contributed by atoms with van der Waals surface area (Å²) >= 11 is 0. The monoisotopic (exact) mass is 387 g/mol. The SMILES string of the molecule is O=S1(=O)CCCN1CCOc1ccc(-c2cccc(CO)c2)c(C2CC2)c1. The van der Waals surface area contributed by atoms with E-state index in [1.807, 2.05) is 24.3 Å². The lowest BCUT2D eigenvalue weighted by molar-refractivity contribution is 0.279. The highest BCUT2D eigenvalue weighted by Gasteiger charge is 2.28. The van der Waals surface area contributed by atoms with Crippen LogP contribution < -0.4 is 4.74 Å². The van der Waals surface area contributed by atoms with Crippen LogP contribution in [0.4, 0.5) is 0 Å². The number of aliphatic hydroxyl groups is 1. The van der Waals surface area contributed by atoms with Crippen LogP contribution in [0.1, 0.15) is 36.3 Å². The van der Waals surface area contributed by atoms with Crippen molar-refractivity contribution in [2.75, 3.05) is 25.4 Å². The molecule has 0 bridgehead atoms. The molecular weight excluding hydrogens is 362 g/mol. The maximum Gasteiger partial charge on any atom is 0.214 e. The van der Waals surface area contributed by atoms with Crippen molar-refractivity contribution in [1.82, 2.24) is 4.31 Å². The molecule has 144 valence electrons. The molecule has 1 saturated carbocycles. The first kappa shape index (κ1) is 18.5. The largest absolute Gasteiger partial charge is 0.492 e. The molecule has 0 radical (unpaired) electrons. The van der Waals surface area contributed by atoms with Crippen molar-refractivity contribution in [1.29, 1.82) is 0 Å². The van der Waals surface area contributed by atoms with Gasteiger partial charge in [-0.1, -0.05) is 24.3 Å². The number of rotatable bonds is 7. The maximum absolute atomic E-state index is 11.9. The van der Waals surface area contributed by atoms with Crippen LogP contribution >= 0.6 is 0 Å². The highest BCUT2D eigenvalue weighted by atomic mass is 32.2.